The summed E-state index contributed by atoms with van der Waals surface area (Å²) in [7, 11) is 3.21. The highest BCUT2D eigenvalue weighted by Crippen LogP contribution is 2.19. The van der Waals surface area contributed by atoms with E-state index in [1.807, 2.05) is 0 Å². The third-order valence-corrected chi connectivity index (χ3v) is 4.87. The molecule has 0 aliphatic carbocycles. The molecule has 2 aliphatic rings. The number of piperidine rings is 1. The molecule has 0 radical (unpaired) electrons. The second-order valence-electron chi connectivity index (χ2n) is 7.07. The van der Waals surface area contributed by atoms with Gasteiger partial charge in [0.15, 0.2) is 0 Å². The molecule has 2 fully saturated rings. The Morgan fingerprint density at radius 1 is 1.25 bits per heavy atom. The lowest BCUT2D eigenvalue weighted by atomic mass is 10.0. The number of nitrogens with zero attached hydrogens (tertiary/aromatic N) is 3. The predicted molar refractivity (Wildman–Crippen MR) is 88.6 cm³/mol. The molecule has 0 saturated carbocycles. The molecule has 136 valence electrons. The fourth-order valence-corrected chi connectivity index (χ4v) is 3.35. The first-order valence-electron chi connectivity index (χ1n) is 8.48. The topological polar surface area (TPSA) is 103 Å². The molecule has 2 N–H and O–H groups in total. The lowest BCUT2D eigenvalue weighted by Gasteiger charge is -2.40. The van der Waals surface area contributed by atoms with Gasteiger partial charge >= 0.3 is 12.0 Å². The molecule has 0 aromatic carbocycles. The summed E-state index contributed by atoms with van der Waals surface area (Å²) >= 11 is 0. The zero-order chi connectivity index (χ0) is 18.0. The van der Waals surface area contributed by atoms with Crippen LogP contribution < -0.4 is 5.32 Å². The Bertz CT molecular complexity index is 506. The average molecular weight is 340 g/mol. The standard InChI is InChI=1S/C16H28N4O4/c1-10(2)13(15(22)23)19(4)16(24)18(3)11-6-5-7-20(9-11)14(21)12-8-17-12/h10-13,17H,5-9H2,1-4H3,(H,22,23). The van der Waals surface area contributed by atoms with Crippen molar-refractivity contribution >= 4 is 17.9 Å². The van der Waals surface area contributed by atoms with Crippen LogP contribution in [0.15, 0.2) is 0 Å². The first kappa shape index (κ1) is 18.5. The van der Waals surface area contributed by atoms with Gasteiger partial charge in [-0.25, -0.2) is 9.59 Å². The third-order valence-electron chi connectivity index (χ3n) is 4.87. The van der Waals surface area contributed by atoms with Crippen LogP contribution in [0, 0.1) is 5.92 Å². The summed E-state index contributed by atoms with van der Waals surface area (Å²) in [5.74, 6) is -1.09. The average Bonchev–Trinajstić information content (AvgIpc) is 3.37. The molecule has 0 bridgehead atoms. The molecule has 3 amide bonds. The van der Waals surface area contributed by atoms with Crippen molar-refractivity contribution in [2.45, 2.75) is 44.8 Å². The summed E-state index contributed by atoms with van der Waals surface area (Å²) in [4.78, 5) is 41.0. The maximum Gasteiger partial charge on any atom is 0.326 e. The zero-order valence-corrected chi connectivity index (χ0v) is 14.9. The normalized spacial score (nSPS) is 24.5. The molecular weight excluding hydrogens is 312 g/mol. The van der Waals surface area contributed by atoms with Gasteiger partial charge in [0, 0.05) is 33.7 Å². The van der Waals surface area contributed by atoms with E-state index in [1.54, 1.807) is 30.7 Å². The van der Waals surface area contributed by atoms with E-state index in [-0.39, 0.29) is 29.9 Å². The van der Waals surface area contributed by atoms with Crippen LogP contribution in [-0.4, -0.2) is 89.6 Å². The van der Waals surface area contributed by atoms with Crippen LogP contribution in [0.1, 0.15) is 26.7 Å². The zero-order valence-electron chi connectivity index (χ0n) is 14.9. The van der Waals surface area contributed by atoms with Crippen LogP contribution in [0.4, 0.5) is 4.79 Å². The molecule has 0 aromatic rings. The van der Waals surface area contributed by atoms with Crippen LogP contribution in [0.2, 0.25) is 0 Å². The number of hydrogen-bond donors (Lipinski definition) is 2. The number of carbonyl (C=O) groups is 3. The van der Waals surface area contributed by atoms with Crippen molar-refractivity contribution in [3.05, 3.63) is 0 Å². The Balaban J connectivity index is 2.00. The van der Waals surface area contributed by atoms with Gasteiger partial charge in [-0.2, -0.15) is 0 Å². The Morgan fingerprint density at radius 2 is 1.88 bits per heavy atom. The smallest absolute Gasteiger partial charge is 0.326 e. The van der Waals surface area contributed by atoms with Crippen molar-refractivity contribution in [2.75, 3.05) is 33.7 Å². The van der Waals surface area contributed by atoms with Crippen molar-refractivity contribution in [1.29, 1.82) is 0 Å². The number of hydrogen-bond acceptors (Lipinski definition) is 4. The van der Waals surface area contributed by atoms with Crippen molar-refractivity contribution in [3.8, 4) is 0 Å². The molecule has 8 nitrogen and oxygen atoms in total. The predicted octanol–water partition coefficient (Wildman–Crippen LogP) is 0.0420. The second kappa shape index (κ2) is 7.38. The van der Waals surface area contributed by atoms with Gasteiger partial charge in [0.1, 0.15) is 6.04 Å². The Labute approximate surface area is 142 Å². The summed E-state index contributed by atoms with van der Waals surface area (Å²) in [6.07, 6.45) is 1.66. The Kier molecular flexibility index (Phi) is 5.69. The molecule has 2 saturated heterocycles. The van der Waals surface area contributed by atoms with E-state index in [0.717, 1.165) is 25.9 Å². The molecule has 2 heterocycles. The van der Waals surface area contributed by atoms with Gasteiger partial charge in [-0.15, -0.1) is 0 Å². The summed E-state index contributed by atoms with van der Waals surface area (Å²) in [6.45, 7) is 5.52. The van der Waals surface area contributed by atoms with Crippen LogP contribution in [0.25, 0.3) is 0 Å². The van der Waals surface area contributed by atoms with Gasteiger partial charge in [0.25, 0.3) is 0 Å². The minimum absolute atomic E-state index is 0.0650. The van der Waals surface area contributed by atoms with Gasteiger partial charge in [-0.3, -0.25) is 4.79 Å². The van der Waals surface area contributed by atoms with E-state index in [4.69, 9.17) is 0 Å². The molecule has 0 aromatic heterocycles. The number of rotatable bonds is 5. The molecule has 3 atom stereocenters. The highest BCUT2D eigenvalue weighted by Gasteiger charge is 2.38. The molecule has 2 aliphatic heterocycles. The molecule has 8 heteroatoms. The number of likely N-dealkylation sites (N-methyl/N-ethyl adjacent to an activating group) is 2. The number of nitrogens with one attached hydrogen (secondary N) is 1. The summed E-state index contributed by atoms with van der Waals surface area (Å²) in [5, 5.41) is 12.4. The van der Waals surface area contributed by atoms with Crippen molar-refractivity contribution in [2.24, 2.45) is 5.92 Å². The van der Waals surface area contributed by atoms with Crippen LogP contribution in [0.3, 0.4) is 0 Å². The van der Waals surface area contributed by atoms with E-state index in [9.17, 15) is 19.5 Å². The lowest BCUT2D eigenvalue weighted by molar-refractivity contribution is -0.143. The molecule has 0 spiro atoms. The van der Waals surface area contributed by atoms with E-state index >= 15 is 0 Å². The van der Waals surface area contributed by atoms with Crippen LogP contribution in [0.5, 0.6) is 0 Å². The van der Waals surface area contributed by atoms with Crippen LogP contribution in [-0.2, 0) is 9.59 Å². The van der Waals surface area contributed by atoms with E-state index < -0.39 is 12.0 Å². The highest BCUT2D eigenvalue weighted by molar-refractivity contribution is 5.85. The molecule has 3 unspecified atom stereocenters. The third kappa shape index (κ3) is 3.98. The van der Waals surface area contributed by atoms with Gasteiger partial charge in [-0.1, -0.05) is 13.8 Å². The number of likely N-dealkylation sites (tertiary alicyclic amines) is 1. The summed E-state index contributed by atoms with van der Waals surface area (Å²) in [5.41, 5.74) is 0. The van der Waals surface area contributed by atoms with Gasteiger partial charge in [0.2, 0.25) is 5.91 Å². The van der Waals surface area contributed by atoms with E-state index in [1.165, 1.54) is 11.9 Å². The largest absolute Gasteiger partial charge is 0.480 e. The fraction of sp³-hybridized carbons (Fsp3) is 0.812. The number of aliphatic carboxylic acids is 1. The van der Waals surface area contributed by atoms with E-state index in [0.29, 0.717) is 6.54 Å². The maximum absolute atomic E-state index is 12.7. The maximum atomic E-state index is 12.7. The fourth-order valence-electron chi connectivity index (χ4n) is 3.35. The van der Waals surface area contributed by atoms with E-state index in [2.05, 4.69) is 5.32 Å². The molecule has 24 heavy (non-hydrogen) atoms. The van der Waals surface area contributed by atoms with Gasteiger partial charge in [0.05, 0.1) is 12.1 Å². The first-order valence-corrected chi connectivity index (χ1v) is 8.48. The minimum atomic E-state index is -1.01. The quantitative estimate of drug-likeness (QED) is 0.688. The number of carboxylic acid groups (broad SMARTS) is 1. The monoisotopic (exact) mass is 340 g/mol. The lowest BCUT2D eigenvalue weighted by Crippen LogP contribution is -2.56. The van der Waals surface area contributed by atoms with Gasteiger partial charge < -0.3 is 25.1 Å². The Hall–Kier alpha value is -1.83. The molecule has 2 rings (SSSR count). The number of carbonyl (C=O) groups excluding carboxylic acids is 2. The van der Waals surface area contributed by atoms with Crippen LogP contribution >= 0.6 is 0 Å². The van der Waals surface area contributed by atoms with Crippen molar-refractivity contribution < 1.29 is 19.5 Å². The second-order valence-corrected chi connectivity index (χ2v) is 7.07. The van der Waals surface area contributed by atoms with Crippen molar-refractivity contribution in [3.63, 3.8) is 0 Å². The minimum Gasteiger partial charge on any atom is -0.480 e. The van der Waals surface area contributed by atoms with Crippen molar-refractivity contribution in [1.82, 2.24) is 20.0 Å². The van der Waals surface area contributed by atoms with Gasteiger partial charge in [-0.05, 0) is 18.8 Å². The number of carboxylic acids is 1. The summed E-state index contributed by atoms with van der Waals surface area (Å²) in [6, 6.07) is -1.33. The molecular formula is C16H28N4O4. The highest BCUT2D eigenvalue weighted by atomic mass is 16.4. The number of amides is 3. The number of urea groups is 1. The Morgan fingerprint density at radius 3 is 2.38 bits per heavy atom. The SMILES string of the molecule is CC(C)C(C(=O)O)N(C)C(=O)N(C)C1CCCN(C(=O)C2CN2)C1. The first-order chi connectivity index (χ1) is 11.2. The summed E-state index contributed by atoms with van der Waals surface area (Å²) < 4.78 is 0.